The van der Waals surface area contributed by atoms with Crippen molar-refractivity contribution in [1.82, 2.24) is 5.32 Å². The van der Waals surface area contributed by atoms with Crippen LogP contribution in [0, 0.1) is 0 Å². The average Bonchev–Trinajstić information content (AvgIpc) is 2.39. The predicted molar refractivity (Wildman–Crippen MR) is 78.6 cm³/mol. The molecule has 2 nitrogen and oxygen atoms in total. The molecule has 18 heavy (non-hydrogen) atoms. The highest BCUT2D eigenvalue weighted by Gasteiger charge is 2.17. The minimum absolute atomic E-state index is 0.296. The van der Waals surface area contributed by atoms with Gasteiger partial charge in [0.25, 0.3) is 0 Å². The van der Waals surface area contributed by atoms with Gasteiger partial charge in [-0.3, -0.25) is 0 Å². The molecule has 1 aromatic carbocycles. The fourth-order valence-corrected chi connectivity index (χ4v) is 2.69. The number of allylic oxidation sites excluding steroid dienone is 1. The third-order valence-corrected chi connectivity index (χ3v) is 3.58. The summed E-state index contributed by atoms with van der Waals surface area (Å²) in [5.41, 5.74) is 1.32. The first-order valence-electron chi connectivity index (χ1n) is 6.60. The van der Waals surface area contributed by atoms with E-state index in [0.29, 0.717) is 6.04 Å². The van der Waals surface area contributed by atoms with Crippen LogP contribution in [0.1, 0.15) is 25.3 Å². The third kappa shape index (κ3) is 3.85. The molecule has 1 unspecified atom stereocenters. The fraction of sp³-hybridized carbons (Fsp3) is 0.467. The molecule has 2 rings (SSSR count). The molecular weight excluding hydrogens is 290 g/mol. The van der Waals surface area contributed by atoms with E-state index in [9.17, 15) is 0 Å². The van der Waals surface area contributed by atoms with Crippen LogP contribution in [0.5, 0.6) is 0 Å². The Kier molecular flexibility index (Phi) is 5.26. The fourth-order valence-electron chi connectivity index (χ4n) is 2.24. The molecule has 1 heterocycles. The Morgan fingerprint density at radius 2 is 2.33 bits per heavy atom. The van der Waals surface area contributed by atoms with Crippen molar-refractivity contribution in [1.29, 1.82) is 0 Å². The Labute approximate surface area is 118 Å². The molecule has 0 spiro atoms. The van der Waals surface area contributed by atoms with E-state index in [-0.39, 0.29) is 0 Å². The second-order valence-corrected chi connectivity index (χ2v) is 5.46. The number of halogens is 1. The summed E-state index contributed by atoms with van der Waals surface area (Å²) >= 11 is 3.52. The summed E-state index contributed by atoms with van der Waals surface area (Å²) in [5, 5.41) is 3.51. The smallest absolute Gasteiger partial charge is 0.109 e. The Morgan fingerprint density at radius 3 is 3.00 bits per heavy atom. The number of hydrogen-bond acceptors (Lipinski definition) is 2. The van der Waals surface area contributed by atoms with Crippen LogP contribution in [0.2, 0.25) is 0 Å². The maximum atomic E-state index is 5.78. The van der Waals surface area contributed by atoms with E-state index in [0.717, 1.165) is 42.6 Å². The molecule has 0 radical (unpaired) electrons. The first-order valence-corrected chi connectivity index (χ1v) is 7.39. The zero-order valence-corrected chi connectivity index (χ0v) is 12.4. The lowest BCUT2D eigenvalue weighted by atomic mass is 10.0. The molecule has 0 aliphatic carbocycles. The van der Waals surface area contributed by atoms with E-state index in [1.165, 1.54) is 5.56 Å². The summed E-state index contributed by atoms with van der Waals surface area (Å²) in [4.78, 5) is 0. The van der Waals surface area contributed by atoms with Crippen LogP contribution in [-0.2, 0) is 11.2 Å². The van der Waals surface area contributed by atoms with Gasteiger partial charge in [-0.05, 0) is 49.6 Å². The highest BCUT2D eigenvalue weighted by molar-refractivity contribution is 9.10. The summed E-state index contributed by atoms with van der Waals surface area (Å²) in [7, 11) is 0. The van der Waals surface area contributed by atoms with Crippen LogP contribution in [0.4, 0.5) is 0 Å². The second kappa shape index (κ2) is 6.95. The van der Waals surface area contributed by atoms with Crippen LogP contribution in [0.15, 0.2) is 40.6 Å². The summed E-state index contributed by atoms with van der Waals surface area (Å²) in [6.07, 6.45) is 5.48. The van der Waals surface area contributed by atoms with E-state index in [2.05, 4.69) is 58.5 Å². The SMILES string of the molecule is CCNC(Cc1cccc(Br)c1)C1=CCCCO1. The summed E-state index contributed by atoms with van der Waals surface area (Å²) in [6, 6.07) is 8.77. The molecule has 0 aromatic heterocycles. The summed E-state index contributed by atoms with van der Waals surface area (Å²) in [5.74, 6) is 1.11. The lowest BCUT2D eigenvalue weighted by molar-refractivity contribution is 0.167. The Morgan fingerprint density at radius 1 is 1.44 bits per heavy atom. The van der Waals surface area contributed by atoms with Crippen molar-refractivity contribution in [2.24, 2.45) is 0 Å². The molecule has 98 valence electrons. The molecule has 1 aromatic rings. The molecule has 0 bridgehead atoms. The molecule has 1 aliphatic rings. The predicted octanol–water partition coefficient (Wildman–Crippen LogP) is 3.66. The van der Waals surface area contributed by atoms with Gasteiger partial charge < -0.3 is 10.1 Å². The van der Waals surface area contributed by atoms with Crippen molar-refractivity contribution in [2.45, 2.75) is 32.2 Å². The van der Waals surface area contributed by atoms with E-state index >= 15 is 0 Å². The van der Waals surface area contributed by atoms with Crippen LogP contribution in [0.25, 0.3) is 0 Å². The normalized spacial score (nSPS) is 16.9. The number of likely N-dealkylation sites (N-methyl/N-ethyl adjacent to an activating group) is 1. The van der Waals surface area contributed by atoms with Gasteiger partial charge in [0.15, 0.2) is 0 Å². The molecule has 3 heteroatoms. The second-order valence-electron chi connectivity index (χ2n) is 4.54. The van der Waals surface area contributed by atoms with E-state index in [1.807, 2.05) is 0 Å². The molecule has 0 saturated heterocycles. The third-order valence-electron chi connectivity index (χ3n) is 3.09. The molecule has 0 saturated carbocycles. The highest BCUT2D eigenvalue weighted by Crippen LogP contribution is 2.19. The summed E-state index contributed by atoms with van der Waals surface area (Å²) in [6.45, 7) is 3.95. The standard InChI is InChI=1S/C15H20BrNO/c1-2-17-14(15-8-3-4-9-18-15)11-12-6-5-7-13(16)10-12/h5-8,10,14,17H,2-4,9,11H2,1H3. The highest BCUT2D eigenvalue weighted by atomic mass is 79.9. The van der Waals surface area contributed by atoms with Gasteiger partial charge in [0, 0.05) is 4.47 Å². The van der Waals surface area contributed by atoms with Crippen molar-refractivity contribution in [2.75, 3.05) is 13.2 Å². The maximum absolute atomic E-state index is 5.78. The molecule has 1 atom stereocenters. The van der Waals surface area contributed by atoms with Gasteiger partial charge in [-0.25, -0.2) is 0 Å². The molecule has 0 amide bonds. The number of hydrogen-bond donors (Lipinski definition) is 1. The van der Waals surface area contributed by atoms with Crippen LogP contribution in [0.3, 0.4) is 0 Å². The van der Waals surface area contributed by atoms with Gasteiger partial charge in [-0.1, -0.05) is 35.0 Å². The summed E-state index contributed by atoms with van der Waals surface area (Å²) < 4.78 is 6.92. The lowest BCUT2D eigenvalue weighted by Gasteiger charge is -2.24. The van der Waals surface area contributed by atoms with Gasteiger partial charge in [-0.15, -0.1) is 0 Å². The topological polar surface area (TPSA) is 21.3 Å². The van der Waals surface area contributed by atoms with Crippen LogP contribution in [-0.4, -0.2) is 19.2 Å². The van der Waals surface area contributed by atoms with E-state index in [4.69, 9.17) is 4.74 Å². The van der Waals surface area contributed by atoms with Gasteiger partial charge in [-0.2, -0.15) is 0 Å². The lowest BCUT2D eigenvalue weighted by Crippen LogP contribution is -2.34. The Balaban J connectivity index is 2.08. The minimum Gasteiger partial charge on any atom is -0.497 e. The number of ether oxygens (including phenoxy) is 1. The van der Waals surface area contributed by atoms with Crippen LogP contribution >= 0.6 is 15.9 Å². The van der Waals surface area contributed by atoms with Crippen molar-refractivity contribution in [3.8, 4) is 0 Å². The zero-order chi connectivity index (χ0) is 12.8. The largest absolute Gasteiger partial charge is 0.497 e. The maximum Gasteiger partial charge on any atom is 0.109 e. The van der Waals surface area contributed by atoms with E-state index in [1.54, 1.807) is 0 Å². The van der Waals surface area contributed by atoms with Crippen molar-refractivity contribution < 1.29 is 4.74 Å². The first kappa shape index (κ1) is 13.6. The van der Waals surface area contributed by atoms with Gasteiger partial charge in [0.2, 0.25) is 0 Å². The number of benzene rings is 1. The Bertz CT molecular complexity index is 417. The minimum atomic E-state index is 0.296. The quantitative estimate of drug-likeness (QED) is 0.896. The van der Waals surface area contributed by atoms with Gasteiger partial charge in [0.05, 0.1) is 12.6 Å². The molecular formula is C15H20BrNO. The van der Waals surface area contributed by atoms with Crippen molar-refractivity contribution in [3.63, 3.8) is 0 Å². The van der Waals surface area contributed by atoms with Crippen LogP contribution < -0.4 is 5.32 Å². The Hall–Kier alpha value is -0.800. The monoisotopic (exact) mass is 309 g/mol. The number of nitrogens with one attached hydrogen (secondary N) is 1. The number of rotatable bonds is 5. The molecule has 1 N–H and O–H groups in total. The van der Waals surface area contributed by atoms with Crippen molar-refractivity contribution in [3.05, 3.63) is 46.1 Å². The van der Waals surface area contributed by atoms with Gasteiger partial charge >= 0.3 is 0 Å². The average molecular weight is 310 g/mol. The first-order chi connectivity index (χ1) is 8.79. The molecule has 0 fully saturated rings. The zero-order valence-electron chi connectivity index (χ0n) is 10.8. The van der Waals surface area contributed by atoms with Gasteiger partial charge in [0.1, 0.15) is 5.76 Å². The van der Waals surface area contributed by atoms with E-state index < -0.39 is 0 Å². The molecule has 1 aliphatic heterocycles. The van der Waals surface area contributed by atoms with Crippen molar-refractivity contribution >= 4 is 15.9 Å².